The van der Waals surface area contributed by atoms with Crippen molar-refractivity contribution in [3.8, 4) is 11.5 Å². The Balaban J connectivity index is 1.87. The summed E-state index contributed by atoms with van der Waals surface area (Å²) in [5, 5.41) is 11.0. The van der Waals surface area contributed by atoms with Gasteiger partial charge in [0.15, 0.2) is 23.4 Å². The number of carbonyl (C=O) groups excluding carboxylic acids is 2. The van der Waals surface area contributed by atoms with Crippen LogP contribution < -0.4 is 10.4 Å². The molecule has 0 saturated carbocycles. The topological polar surface area (TPSA) is 97.1 Å². The number of amides is 1. The Bertz CT molecular complexity index is 1020. The van der Waals surface area contributed by atoms with Gasteiger partial charge < -0.3 is 19.2 Å². The van der Waals surface area contributed by atoms with Crippen LogP contribution in [-0.2, 0) is 17.6 Å². The van der Waals surface area contributed by atoms with Crippen molar-refractivity contribution < 1.29 is 23.8 Å². The van der Waals surface area contributed by atoms with Gasteiger partial charge in [-0.3, -0.25) is 9.59 Å². The van der Waals surface area contributed by atoms with Crippen molar-refractivity contribution >= 4 is 23.2 Å². The number of fused-ring (bicyclic) bond motifs is 3. The summed E-state index contributed by atoms with van der Waals surface area (Å²) < 4.78 is 11.1. The van der Waals surface area contributed by atoms with Crippen molar-refractivity contribution in [1.29, 1.82) is 0 Å². The maximum absolute atomic E-state index is 12.7. The number of ether oxygens (including phenoxy) is 1. The molecular formula is C21H23NO6. The standard InChI is InChI=1S/C21H23NO6/c1-12-14(10-16(24)22-7-3-2-4-8-22)21(26)28-19-15(11-23)18(25)20-13(17(12)19)6-5-9-27-20/h11,25H,2-10H2,1H3. The molecule has 7 nitrogen and oxygen atoms in total. The Morgan fingerprint density at radius 3 is 2.68 bits per heavy atom. The molecule has 1 amide bonds. The minimum absolute atomic E-state index is 0.0307. The first-order valence-electron chi connectivity index (χ1n) is 9.72. The number of phenols is 1. The van der Waals surface area contributed by atoms with Crippen LogP contribution in [0.5, 0.6) is 11.5 Å². The van der Waals surface area contributed by atoms with Gasteiger partial charge in [0, 0.05) is 24.0 Å². The molecule has 0 atom stereocenters. The Kier molecular flexibility index (Phi) is 4.83. The summed E-state index contributed by atoms with van der Waals surface area (Å²) in [6.45, 7) is 3.63. The number of nitrogens with zero attached hydrogens (tertiary/aromatic N) is 1. The van der Waals surface area contributed by atoms with Crippen molar-refractivity contribution in [3.05, 3.63) is 32.7 Å². The molecule has 3 heterocycles. The Morgan fingerprint density at radius 2 is 1.96 bits per heavy atom. The van der Waals surface area contributed by atoms with Gasteiger partial charge in [0.2, 0.25) is 5.91 Å². The fourth-order valence-corrected chi connectivity index (χ4v) is 4.26. The van der Waals surface area contributed by atoms with Gasteiger partial charge in [-0.2, -0.15) is 0 Å². The average Bonchev–Trinajstić information content (AvgIpc) is 2.72. The maximum atomic E-state index is 12.7. The number of phenolic OH excluding ortho intramolecular Hbond substituents is 1. The van der Waals surface area contributed by atoms with E-state index in [0.29, 0.717) is 48.9 Å². The van der Waals surface area contributed by atoms with Gasteiger partial charge in [0.05, 0.1) is 18.6 Å². The predicted octanol–water partition coefficient (Wildman–Crippen LogP) is 2.50. The number of carbonyl (C=O) groups is 2. The average molecular weight is 385 g/mol. The zero-order chi connectivity index (χ0) is 19.8. The van der Waals surface area contributed by atoms with E-state index in [0.717, 1.165) is 31.2 Å². The second-order valence-corrected chi connectivity index (χ2v) is 7.46. The molecule has 1 saturated heterocycles. The molecule has 28 heavy (non-hydrogen) atoms. The molecule has 0 aliphatic carbocycles. The minimum atomic E-state index is -0.644. The van der Waals surface area contributed by atoms with Crippen molar-refractivity contribution in [2.24, 2.45) is 0 Å². The number of aromatic hydroxyl groups is 1. The van der Waals surface area contributed by atoms with Crippen molar-refractivity contribution in [2.45, 2.75) is 45.4 Å². The molecule has 1 aromatic carbocycles. The summed E-state index contributed by atoms with van der Waals surface area (Å²) in [6.07, 6.45) is 4.89. The normalized spacial score (nSPS) is 16.5. The van der Waals surface area contributed by atoms with E-state index in [1.54, 1.807) is 11.8 Å². The SMILES string of the molecule is Cc1c(CC(=O)N2CCCCC2)c(=O)oc2c(C=O)c(O)c3c(c12)CCCO3. The van der Waals surface area contributed by atoms with E-state index in [1.807, 2.05) is 0 Å². The molecular weight excluding hydrogens is 362 g/mol. The third kappa shape index (κ3) is 2.95. The van der Waals surface area contributed by atoms with Crippen LogP contribution in [0.1, 0.15) is 52.7 Å². The smallest absolute Gasteiger partial charge is 0.340 e. The van der Waals surface area contributed by atoms with Crippen LogP contribution >= 0.6 is 0 Å². The molecule has 0 unspecified atom stereocenters. The Labute approximate surface area is 161 Å². The van der Waals surface area contributed by atoms with Crippen LogP contribution in [0.15, 0.2) is 9.21 Å². The van der Waals surface area contributed by atoms with Crippen molar-refractivity contribution in [3.63, 3.8) is 0 Å². The van der Waals surface area contributed by atoms with Gasteiger partial charge >= 0.3 is 5.63 Å². The summed E-state index contributed by atoms with van der Waals surface area (Å²) in [5.74, 6) is -0.114. The lowest BCUT2D eigenvalue weighted by molar-refractivity contribution is -0.131. The first kappa shape index (κ1) is 18.5. The second-order valence-electron chi connectivity index (χ2n) is 7.46. The fraction of sp³-hybridized carbons (Fsp3) is 0.476. The van der Waals surface area contributed by atoms with E-state index in [1.165, 1.54) is 0 Å². The van der Waals surface area contributed by atoms with Crippen molar-refractivity contribution in [2.75, 3.05) is 19.7 Å². The number of benzene rings is 1. The van der Waals surface area contributed by atoms with Crippen LogP contribution in [0.4, 0.5) is 0 Å². The highest BCUT2D eigenvalue weighted by Crippen LogP contribution is 2.43. The number of aryl methyl sites for hydroxylation is 2. The fourth-order valence-electron chi connectivity index (χ4n) is 4.26. The van der Waals surface area contributed by atoms with Gasteiger partial charge in [-0.1, -0.05) is 0 Å². The van der Waals surface area contributed by atoms with Gasteiger partial charge in [-0.05, 0) is 44.6 Å². The lowest BCUT2D eigenvalue weighted by Gasteiger charge is -2.27. The molecule has 2 aliphatic heterocycles. The number of hydrogen-bond acceptors (Lipinski definition) is 6. The van der Waals surface area contributed by atoms with E-state index in [2.05, 4.69) is 0 Å². The largest absolute Gasteiger partial charge is 0.504 e. The van der Waals surface area contributed by atoms with Crippen LogP contribution in [0.3, 0.4) is 0 Å². The summed E-state index contributed by atoms with van der Waals surface area (Å²) in [5.41, 5.74) is 0.963. The monoisotopic (exact) mass is 385 g/mol. The van der Waals surface area contributed by atoms with E-state index in [9.17, 15) is 19.5 Å². The summed E-state index contributed by atoms with van der Waals surface area (Å²) in [4.78, 5) is 38.7. The van der Waals surface area contributed by atoms with Gasteiger partial charge in [0.25, 0.3) is 0 Å². The Morgan fingerprint density at radius 1 is 1.21 bits per heavy atom. The van der Waals surface area contributed by atoms with E-state index in [4.69, 9.17) is 9.15 Å². The predicted molar refractivity (Wildman–Crippen MR) is 102 cm³/mol. The molecule has 148 valence electrons. The van der Waals surface area contributed by atoms with Gasteiger partial charge in [-0.15, -0.1) is 0 Å². The molecule has 1 N–H and O–H groups in total. The maximum Gasteiger partial charge on any atom is 0.340 e. The molecule has 2 aromatic rings. The molecule has 7 heteroatoms. The highest BCUT2D eigenvalue weighted by atomic mass is 16.5. The van der Waals surface area contributed by atoms with E-state index >= 15 is 0 Å². The molecule has 0 bridgehead atoms. The second kappa shape index (κ2) is 7.30. The highest BCUT2D eigenvalue weighted by molar-refractivity contribution is 6.02. The van der Waals surface area contributed by atoms with Gasteiger partial charge in [0.1, 0.15) is 5.56 Å². The minimum Gasteiger partial charge on any atom is -0.504 e. The summed E-state index contributed by atoms with van der Waals surface area (Å²) >= 11 is 0. The third-order valence-corrected chi connectivity index (χ3v) is 5.76. The van der Waals surface area contributed by atoms with Crippen LogP contribution in [0.2, 0.25) is 0 Å². The third-order valence-electron chi connectivity index (χ3n) is 5.76. The van der Waals surface area contributed by atoms with Gasteiger partial charge in [-0.25, -0.2) is 4.79 Å². The number of aldehydes is 1. The quantitative estimate of drug-likeness (QED) is 0.644. The van der Waals surface area contributed by atoms with E-state index in [-0.39, 0.29) is 35.0 Å². The molecule has 4 rings (SSSR count). The van der Waals surface area contributed by atoms with Crippen LogP contribution in [-0.4, -0.2) is 41.9 Å². The first-order chi connectivity index (χ1) is 13.5. The lowest BCUT2D eigenvalue weighted by atomic mass is 9.92. The zero-order valence-electron chi connectivity index (χ0n) is 15.9. The van der Waals surface area contributed by atoms with Crippen LogP contribution in [0.25, 0.3) is 11.0 Å². The molecule has 2 aliphatic rings. The zero-order valence-corrected chi connectivity index (χ0v) is 15.9. The molecule has 0 radical (unpaired) electrons. The number of likely N-dealkylation sites (tertiary alicyclic amines) is 1. The summed E-state index contributed by atoms with van der Waals surface area (Å²) in [7, 11) is 0. The van der Waals surface area contributed by atoms with E-state index < -0.39 is 5.63 Å². The lowest BCUT2D eigenvalue weighted by Crippen LogP contribution is -2.37. The number of piperidine rings is 1. The molecule has 1 fully saturated rings. The number of hydrogen-bond donors (Lipinski definition) is 1. The van der Waals surface area contributed by atoms with Crippen molar-refractivity contribution in [1.82, 2.24) is 4.90 Å². The first-order valence-corrected chi connectivity index (χ1v) is 9.72. The molecule has 0 spiro atoms. The van der Waals surface area contributed by atoms with Crippen LogP contribution in [0, 0.1) is 6.92 Å². The number of rotatable bonds is 3. The highest BCUT2D eigenvalue weighted by Gasteiger charge is 2.28. The molecule has 1 aromatic heterocycles. The Hall–Kier alpha value is -2.83. The summed E-state index contributed by atoms with van der Waals surface area (Å²) in [6, 6.07) is 0.